The van der Waals surface area contributed by atoms with Gasteiger partial charge in [0.2, 0.25) is 5.95 Å². The molecule has 3 aromatic rings. The highest BCUT2D eigenvalue weighted by Crippen LogP contribution is 2.22. The molecule has 1 aliphatic rings. The Morgan fingerprint density at radius 2 is 2.08 bits per heavy atom. The van der Waals surface area contributed by atoms with E-state index in [1.54, 1.807) is 36.0 Å². The summed E-state index contributed by atoms with van der Waals surface area (Å²) in [6.07, 6.45) is 5.22. The summed E-state index contributed by atoms with van der Waals surface area (Å²) < 4.78 is 1.99. The number of rotatable bonds is 4. The van der Waals surface area contributed by atoms with Crippen LogP contribution in [0.1, 0.15) is 20.2 Å². The molecule has 0 aromatic carbocycles. The standard InChI is InChI=1S/C18H20N6OS/c1-13-3-4-16(26-13)17(25)23-10-14(9-21-18-19-6-2-7-20-18)11-24-15(12-23)5-8-22-24/h2-8,14H,9-12H2,1H3,(H,19,20,21)/t14-/m1/s1. The van der Waals surface area contributed by atoms with Crippen LogP contribution in [-0.4, -0.2) is 43.6 Å². The second-order valence-corrected chi connectivity index (χ2v) is 7.71. The SMILES string of the molecule is Cc1ccc(C(=O)N2Cc3ccnn3C[C@H](CNc3ncccn3)C2)s1. The van der Waals surface area contributed by atoms with Crippen molar-refractivity contribution < 1.29 is 4.79 Å². The number of carbonyl (C=O) groups excluding carboxylic acids is 1. The number of aryl methyl sites for hydroxylation is 1. The van der Waals surface area contributed by atoms with Crippen molar-refractivity contribution in [1.82, 2.24) is 24.6 Å². The van der Waals surface area contributed by atoms with Gasteiger partial charge in [0, 0.05) is 49.0 Å². The van der Waals surface area contributed by atoms with Gasteiger partial charge in [0.25, 0.3) is 5.91 Å². The van der Waals surface area contributed by atoms with Crippen molar-refractivity contribution in [3.05, 3.63) is 58.3 Å². The molecule has 3 aromatic heterocycles. The van der Waals surface area contributed by atoms with E-state index < -0.39 is 0 Å². The van der Waals surface area contributed by atoms with Gasteiger partial charge < -0.3 is 10.2 Å². The van der Waals surface area contributed by atoms with Crippen LogP contribution in [0.2, 0.25) is 0 Å². The Morgan fingerprint density at radius 1 is 1.23 bits per heavy atom. The number of nitrogens with zero attached hydrogens (tertiary/aromatic N) is 5. The molecule has 7 nitrogen and oxygen atoms in total. The van der Waals surface area contributed by atoms with E-state index in [0.717, 1.165) is 22.0 Å². The highest BCUT2D eigenvalue weighted by Gasteiger charge is 2.27. The first-order valence-electron chi connectivity index (χ1n) is 8.56. The molecule has 26 heavy (non-hydrogen) atoms. The molecule has 1 amide bonds. The fraction of sp³-hybridized carbons (Fsp3) is 0.333. The van der Waals surface area contributed by atoms with E-state index in [-0.39, 0.29) is 11.8 Å². The molecule has 4 heterocycles. The minimum Gasteiger partial charge on any atom is -0.354 e. The summed E-state index contributed by atoms with van der Waals surface area (Å²) in [6.45, 7) is 4.70. The van der Waals surface area contributed by atoms with Gasteiger partial charge in [-0.3, -0.25) is 9.48 Å². The summed E-state index contributed by atoms with van der Waals surface area (Å²) >= 11 is 1.54. The van der Waals surface area contributed by atoms with Gasteiger partial charge in [-0.05, 0) is 31.2 Å². The lowest BCUT2D eigenvalue weighted by atomic mass is 10.1. The molecule has 0 saturated heterocycles. The first-order valence-corrected chi connectivity index (χ1v) is 9.38. The van der Waals surface area contributed by atoms with E-state index in [9.17, 15) is 4.79 Å². The van der Waals surface area contributed by atoms with Gasteiger partial charge in [0.1, 0.15) is 0 Å². The molecule has 0 bridgehead atoms. The first kappa shape index (κ1) is 16.7. The van der Waals surface area contributed by atoms with E-state index in [4.69, 9.17) is 0 Å². The predicted octanol–water partition coefficient (Wildman–Crippen LogP) is 2.43. The van der Waals surface area contributed by atoms with Gasteiger partial charge in [-0.25, -0.2) is 9.97 Å². The summed E-state index contributed by atoms with van der Waals surface area (Å²) in [6, 6.07) is 7.67. The lowest BCUT2D eigenvalue weighted by Gasteiger charge is -2.24. The number of nitrogens with one attached hydrogen (secondary N) is 1. The number of hydrogen-bond acceptors (Lipinski definition) is 6. The average molecular weight is 368 g/mol. The van der Waals surface area contributed by atoms with Crippen molar-refractivity contribution in [2.75, 3.05) is 18.4 Å². The number of aromatic nitrogens is 4. The molecule has 1 aliphatic heterocycles. The smallest absolute Gasteiger partial charge is 0.264 e. The minimum atomic E-state index is 0.0821. The van der Waals surface area contributed by atoms with Gasteiger partial charge in [-0.2, -0.15) is 5.10 Å². The fourth-order valence-electron chi connectivity index (χ4n) is 3.15. The zero-order chi connectivity index (χ0) is 17.9. The Labute approximate surface area is 155 Å². The van der Waals surface area contributed by atoms with Crippen molar-refractivity contribution in [3.63, 3.8) is 0 Å². The summed E-state index contributed by atoms with van der Waals surface area (Å²) in [5, 5.41) is 7.68. The highest BCUT2D eigenvalue weighted by molar-refractivity contribution is 7.13. The predicted molar refractivity (Wildman–Crippen MR) is 100 cm³/mol. The van der Waals surface area contributed by atoms with E-state index >= 15 is 0 Å². The Morgan fingerprint density at radius 3 is 2.85 bits per heavy atom. The number of hydrogen-bond donors (Lipinski definition) is 1. The molecule has 4 rings (SSSR count). The van der Waals surface area contributed by atoms with Gasteiger partial charge in [-0.15, -0.1) is 11.3 Å². The Kier molecular flexibility index (Phi) is 4.66. The van der Waals surface area contributed by atoms with Gasteiger partial charge in [0.05, 0.1) is 17.1 Å². The molecule has 0 radical (unpaired) electrons. The monoisotopic (exact) mass is 368 g/mol. The number of amides is 1. The number of fused-ring (bicyclic) bond motifs is 1. The number of carbonyl (C=O) groups is 1. The van der Waals surface area contributed by atoms with Crippen molar-refractivity contribution in [3.8, 4) is 0 Å². The largest absolute Gasteiger partial charge is 0.354 e. The molecular weight excluding hydrogens is 348 g/mol. The summed E-state index contributed by atoms with van der Waals surface area (Å²) in [5.74, 6) is 0.896. The maximum Gasteiger partial charge on any atom is 0.264 e. The number of thiophene rings is 1. The van der Waals surface area contributed by atoms with Gasteiger partial charge >= 0.3 is 0 Å². The number of anilines is 1. The molecule has 0 unspecified atom stereocenters. The van der Waals surface area contributed by atoms with Crippen LogP contribution in [0.5, 0.6) is 0 Å². The van der Waals surface area contributed by atoms with Crippen molar-refractivity contribution in [2.24, 2.45) is 5.92 Å². The molecule has 0 spiro atoms. The molecule has 1 atom stereocenters. The molecule has 0 fully saturated rings. The van der Waals surface area contributed by atoms with E-state index in [1.165, 1.54) is 0 Å². The zero-order valence-corrected chi connectivity index (χ0v) is 15.3. The third-order valence-corrected chi connectivity index (χ3v) is 5.41. The molecule has 0 saturated carbocycles. The summed E-state index contributed by atoms with van der Waals surface area (Å²) in [7, 11) is 0. The first-order chi connectivity index (χ1) is 12.7. The molecule has 0 aliphatic carbocycles. The fourth-order valence-corrected chi connectivity index (χ4v) is 3.98. The second kappa shape index (κ2) is 7.25. The van der Waals surface area contributed by atoms with Crippen LogP contribution in [0.3, 0.4) is 0 Å². The van der Waals surface area contributed by atoms with Crippen LogP contribution < -0.4 is 5.32 Å². The highest BCUT2D eigenvalue weighted by atomic mass is 32.1. The van der Waals surface area contributed by atoms with Gasteiger partial charge in [-0.1, -0.05) is 0 Å². The van der Waals surface area contributed by atoms with Crippen LogP contribution in [-0.2, 0) is 13.1 Å². The Balaban J connectivity index is 1.52. The Bertz CT molecular complexity index is 890. The molecule has 1 N–H and O–H groups in total. The van der Waals surface area contributed by atoms with Crippen LogP contribution >= 0.6 is 11.3 Å². The molecular formula is C18H20N6OS. The molecule has 8 heteroatoms. The van der Waals surface area contributed by atoms with Crippen LogP contribution in [0, 0.1) is 12.8 Å². The van der Waals surface area contributed by atoms with Crippen molar-refractivity contribution in [1.29, 1.82) is 0 Å². The van der Waals surface area contributed by atoms with E-state index in [0.29, 0.717) is 25.6 Å². The maximum absolute atomic E-state index is 13.0. The van der Waals surface area contributed by atoms with Crippen LogP contribution in [0.4, 0.5) is 5.95 Å². The minimum absolute atomic E-state index is 0.0821. The second-order valence-electron chi connectivity index (χ2n) is 6.42. The quantitative estimate of drug-likeness (QED) is 0.765. The third kappa shape index (κ3) is 3.60. The van der Waals surface area contributed by atoms with Crippen molar-refractivity contribution >= 4 is 23.2 Å². The topological polar surface area (TPSA) is 75.9 Å². The third-order valence-electron chi connectivity index (χ3n) is 4.42. The lowest BCUT2D eigenvalue weighted by Crippen LogP contribution is -2.35. The average Bonchev–Trinajstić information content (AvgIpc) is 3.24. The molecule has 134 valence electrons. The van der Waals surface area contributed by atoms with Crippen LogP contribution in [0.25, 0.3) is 0 Å². The Hall–Kier alpha value is -2.74. The lowest BCUT2D eigenvalue weighted by molar-refractivity contribution is 0.0729. The zero-order valence-electron chi connectivity index (χ0n) is 14.5. The summed E-state index contributed by atoms with van der Waals surface area (Å²) in [5.41, 5.74) is 1.06. The van der Waals surface area contributed by atoms with Crippen molar-refractivity contribution in [2.45, 2.75) is 20.0 Å². The summed E-state index contributed by atoms with van der Waals surface area (Å²) in [4.78, 5) is 25.2. The van der Waals surface area contributed by atoms with Gasteiger partial charge in [0.15, 0.2) is 0 Å². The normalized spacial score (nSPS) is 16.8. The van der Waals surface area contributed by atoms with Crippen LogP contribution in [0.15, 0.2) is 42.9 Å². The maximum atomic E-state index is 13.0. The van der Waals surface area contributed by atoms with E-state index in [1.807, 2.05) is 34.7 Å². The van der Waals surface area contributed by atoms with E-state index in [2.05, 4.69) is 20.4 Å².